The quantitative estimate of drug-likeness (QED) is 0.520. The van der Waals surface area contributed by atoms with Crippen LogP contribution in [0.2, 0.25) is 0 Å². The highest BCUT2D eigenvalue weighted by Crippen LogP contribution is 2.44. The van der Waals surface area contributed by atoms with E-state index in [1.54, 1.807) is 6.08 Å². The summed E-state index contributed by atoms with van der Waals surface area (Å²) < 4.78 is 0. The highest BCUT2D eigenvalue weighted by atomic mass is 16.1. The molecule has 1 aromatic carbocycles. The van der Waals surface area contributed by atoms with E-state index in [1.165, 1.54) is 35.1 Å². The van der Waals surface area contributed by atoms with Gasteiger partial charge < -0.3 is 0 Å². The lowest BCUT2D eigenvalue weighted by Gasteiger charge is -2.12. The van der Waals surface area contributed by atoms with Crippen molar-refractivity contribution in [3.63, 3.8) is 0 Å². The molecule has 0 radical (unpaired) electrons. The van der Waals surface area contributed by atoms with Gasteiger partial charge in [-0.3, -0.25) is 0 Å². The molecule has 0 saturated carbocycles. The summed E-state index contributed by atoms with van der Waals surface area (Å²) >= 11 is 0. The molecule has 2 heteroatoms. The normalized spacial score (nSPS) is 21.4. The first-order chi connectivity index (χ1) is 7.81. The summed E-state index contributed by atoms with van der Waals surface area (Å²) in [5.41, 5.74) is 6.44. The molecule has 2 aliphatic carbocycles. The van der Waals surface area contributed by atoms with E-state index in [0.29, 0.717) is 5.92 Å². The third-order valence-corrected chi connectivity index (χ3v) is 3.99. The summed E-state index contributed by atoms with van der Waals surface area (Å²) in [4.78, 5) is 14.6. The highest BCUT2D eigenvalue weighted by molar-refractivity contribution is 5.66. The van der Waals surface area contributed by atoms with E-state index >= 15 is 0 Å². The third kappa shape index (κ3) is 1.27. The van der Waals surface area contributed by atoms with Gasteiger partial charge in [0.1, 0.15) is 0 Å². The van der Waals surface area contributed by atoms with Crippen LogP contribution in [0.5, 0.6) is 0 Å². The number of aryl methyl sites for hydroxylation is 2. The molecule has 0 N–H and O–H groups in total. The lowest BCUT2D eigenvalue weighted by Crippen LogP contribution is -1.94. The Kier molecular flexibility index (Phi) is 2.19. The minimum Gasteiger partial charge on any atom is -0.211 e. The van der Waals surface area contributed by atoms with Gasteiger partial charge in [-0.15, -0.1) is 0 Å². The summed E-state index contributed by atoms with van der Waals surface area (Å²) in [6, 6.07) is 2.35. The molecular weight excluding hydrogens is 198 g/mol. The van der Waals surface area contributed by atoms with Crippen molar-refractivity contribution in [3.05, 3.63) is 28.3 Å². The third-order valence-electron chi connectivity index (χ3n) is 3.99. The number of hydrogen-bond acceptors (Lipinski definition) is 2. The van der Waals surface area contributed by atoms with Crippen LogP contribution >= 0.6 is 0 Å². The molecule has 0 bridgehead atoms. The zero-order valence-corrected chi connectivity index (χ0v) is 9.55. The second-order valence-electron chi connectivity index (χ2n) is 4.93. The molecule has 0 spiro atoms. The maximum atomic E-state index is 10.6. The number of rotatable bonds is 1. The summed E-state index contributed by atoms with van der Waals surface area (Å²) in [5, 5.41) is 0. The predicted molar refractivity (Wildman–Crippen MR) is 63.0 cm³/mol. The maximum Gasteiger partial charge on any atom is 0.240 e. The Morgan fingerprint density at radius 2 is 2.19 bits per heavy atom. The van der Waals surface area contributed by atoms with E-state index in [0.717, 1.165) is 24.9 Å². The number of aliphatic imine (C=N–C) groups is 1. The minimum atomic E-state index is 0.549. The van der Waals surface area contributed by atoms with Crippen molar-refractivity contribution < 1.29 is 4.79 Å². The smallest absolute Gasteiger partial charge is 0.211 e. The van der Waals surface area contributed by atoms with Crippen molar-refractivity contribution in [3.8, 4) is 0 Å². The number of hydrogen-bond donors (Lipinski definition) is 0. The van der Waals surface area contributed by atoms with Crippen molar-refractivity contribution in [1.82, 2.24) is 0 Å². The molecule has 0 saturated heterocycles. The van der Waals surface area contributed by atoms with Gasteiger partial charge in [0.15, 0.2) is 0 Å². The average Bonchev–Trinajstić information content (AvgIpc) is 2.86. The van der Waals surface area contributed by atoms with Crippen molar-refractivity contribution in [1.29, 1.82) is 0 Å². The van der Waals surface area contributed by atoms with E-state index in [2.05, 4.69) is 18.0 Å². The van der Waals surface area contributed by atoms with Gasteiger partial charge in [-0.25, -0.2) is 4.79 Å². The van der Waals surface area contributed by atoms with Crippen molar-refractivity contribution >= 4 is 11.8 Å². The molecule has 82 valence electrons. The molecule has 1 aromatic rings. The molecule has 0 unspecified atom stereocenters. The van der Waals surface area contributed by atoms with E-state index in [4.69, 9.17) is 0 Å². The number of nitrogens with zero attached hydrogens (tertiary/aromatic N) is 1. The zero-order chi connectivity index (χ0) is 11.1. The van der Waals surface area contributed by atoms with E-state index in [9.17, 15) is 4.79 Å². The fraction of sp³-hybridized carbons (Fsp3) is 0.500. The average molecular weight is 213 g/mol. The van der Waals surface area contributed by atoms with Crippen LogP contribution in [0, 0.1) is 0 Å². The summed E-state index contributed by atoms with van der Waals surface area (Å²) in [5.74, 6) is 0.549. The van der Waals surface area contributed by atoms with Crippen LogP contribution in [0.15, 0.2) is 11.1 Å². The minimum absolute atomic E-state index is 0.549. The van der Waals surface area contributed by atoms with Gasteiger partial charge in [0.05, 0.1) is 5.69 Å². The number of fused-ring (bicyclic) bond motifs is 2. The SMILES string of the molecule is C[C@H]1CCc2cc3c(c(N=C=O)c21)CCC3. The molecule has 0 aromatic heterocycles. The molecule has 16 heavy (non-hydrogen) atoms. The van der Waals surface area contributed by atoms with Crippen LogP contribution in [0.4, 0.5) is 5.69 Å². The van der Waals surface area contributed by atoms with E-state index < -0.39 is 0 Å². The lowest BCUT2D eigenvalue weighted by atomic mass is 9.95. The summed E-state index contributed by atoms with van der Waals surface area (Å²) in [6.07, 6.45) is 7.51. The maximum absolute atomic E-state index is 10.6. The summed E-state index contributed by atoms with van der Waals surface area (Å²) in [7, 11) is 0. The predicted octanol–water partition coefficient (Wildman–Crippen LogP) is 3.19. The van der Waals surface area contributed by atoms with Gasteiger partial charge in [-0.05, 0) is 60.3 Å². The van der Waals surface area contributed by atoms with Gasteiger partial charge >= 0.3 is 0 Å². The van der Waals surface area contributed by atoms with Crippen LogP contribution in [-0.2, 0) is 24.1 Å². The fourth-order valence-electron chi connectivity index (χ4n) is 3.25. The first kappa shape index (κ1) is 9.80. The first-order valence-corrected chi connectivity index (χ1v) is 6.06. The van der Waals surface area contributed by atoms with Crippen LogP contribution in [0.3, 0.4) is 0 Å². The zero-order valence-electron chi connectivity index (χ0n) is 9.55. The highest BCUT2D eigenvalue weighted by Gasteiger charge is 2.27. The Labute approximate surface area is 95.4 Å². The molecular formula is C14H15NO. The number of isocyanates is 1. The topological polar surface area (TPSA) is 29.4 Å². The Morgan fingerprint density at radius 3 is 3.00 bits per heavy atom. The molecule has 1 atom stereocenters. The van der Waals surface area contributed by atoms with Crippen molar-refractivity contribution in [2.24, 2.45) is 4.99 Å². The van der Waals surface area contributed by atoms with E-state index in [1.807, 2.05) is 0 Å². The monoisotopic (exact) mass is 213 g/mol. The van der Waals surface area contributed by atoms with Crippen LogP contribution in [-0.4, -0.2) is 6.08 Å². The molecule has 0 heterocycles. The Morgan fingerprint density at radius 1 is 1.31 bits per heavy atom. The Bertz CT molecular complexity index is 498. The fourth-order valence-corrected chi connectivity index (χ4v) is 3.25. The Balaban J connectivity index is 2.30. The van der Waals surface area contributed by atoms with Crippen LogP contribution in [0.25, 0.3) is 0 Å². The van der Waals surface area contributed by atoms with Crippen molar-refractivity contribution in [2.75, 3.05) is 0 Å². The van der Waals surface area contributed by atoms with Gasteiger partial charge in [0.2, 0.25) is 6.08 Å². The number of benzene rings is 1. The molecule has 0 amide bonds. The molecule has 2 nitrogen and oxygen atoms in total. The molecule has 2 aliphatic rings. The van der Waals surface area contributed by atoms with Gasteiger partial charge in [0, 0.05) is 0 Å². The van der Waals surface area contributed by atoms with Crippen LogP contribution in [0.1, 0.15) is 47.9 Å². The number of carbonyl (C=O) groups excluding carboxylic acids is 1. The molecule has 0 fully saturated rings. The molecule has 3 rings (SSSR count). The van der Waals surface area contributed by atoms with Gasteiger partial charge in [0.25, 0.3) is 0 Å². The van der Waals surface area contributed by atoms with Gasteiger partial charge in [-0.1, -0.05) is 13.0 Å². The first-order valence-electron chi connectivity index (χ1n) is 6.06. The summed E-state index contributed by atoms with van der Waals surface area (Å²) in [6.45, 7) is 2.23. The largest absolute Gasteiger partial charge is 0.240 e. The second kappa shape index (κ2) is 3.57. The van der Waals surface area contributed by atoms with Crippen LogP contribution < -0.4 is 0 Å². The van der Waals surface area contributed by atoms with Crippen molar-refractivity contribution in [2.45, 2.75) is 44.9 Å². The second-order valence-corrected chi connectivity index (χ2v) is 4.93. The Hall–Kier alpha value is -1.40. The van der Waals surface area contributed by atoms with Gasteiger partial charge in [-0.2, -0.15) is 4.99 Å². The standard InChI is InChI=1S/C14H15NO/c1-9-5-6-11-7-10-3-2-4-12(10)14(13(9)11)15-8-16/h7,9H,2-6H2,1H3/t9-/m0/s1. The van der Waals surface area contributed by atoms with E-state index in [-0.39, 0.29) is 0 Å². The molecule has 0 aliphatic heterocycles. The lowest BCUT2D eigenvalue weighted by molar-refractivity contribution is 0.565.